The van der Waals surface area contributed by atoms with Gasteiger partial charge in [-0.1, -0.05) is 24.3 Å². The van der Waals surface area contributed by atoms with Gasteiger partial charge in [-0.05, 0) is 35.4 Å². The smallest absolute Gasteiger partial charge is 0.337 e. The Morgan fingerprint density at radius 2 is 1.04 bits per heavy atom. The van der Waals surface area contributed by atoms with E-state index in [1.54, 1.807) is 61.0 Å². The van der Waals surface area contributed by atoms with Crippen LogP contribution in [0, 0.1) is 0 Å². The lowest BCUT2D eigenvalue weighted by molar-refractivity contribution is 0.0592. The lowest BCUT2D eigenvalue weighted by Crippen LogP contribution is -2.00. The Morgan fingerprint density at radius 3 is 1.33 bits per heavy atom. The Bertz CT molecular complexity index is 695. The number of methoxy groups -OCH3 is 2. The molecule has 0 saturated carbocycles. The van der Waals surface area contributed by atoms with Crippen molar-refractivity contribution in [2.24, 2.45) is 10.2 Å². The maximum atomic E-state index is 11.3. The molecule has 0 spiro atoms. The van der Waals surface area contributed by atoms with E-state index < -0.39 is 0 Å². The molecule has 0 N–H and O–H groups in total. The van der Waals surface area contributed by atoms with Crippen LogP contribution in [0.4, 0.5) is 0 Å². The summed E-state index contributed by atoms with van der Waals surface area (Å²) in [6, 6.07) is 13.6. The molecule has 0 aromatic heterocycles. The number of benzene rings is 2. The fourth-order valence-corrected chi connectivity index (χ4v) is 1.85. The second-order valence-corrected chi connectivity index (χ2v) is 4.72. The molecule has 0 saturated heterocycles. The normalized spacial score (nSPS) is 10.9. The van der Waals surface area contributed by atoms with Crippen LogP contribution in [-0.4, -0.2) is 38.6 Å². The van der Waals surface area contributed by atoms with Gasteiger partial charge < -0.3 is 9.47 Å². The van der Waals surface area contributed by atoms with Gasteiger partial charge in [-0.15, -0.1) is 0 Å². The van der Waals surface area contributed by atoms with Crippen molar-refractivity contribution in [1.82, 2.24) is 0 Å². The average molecular weight is 324 g/mol. The van der Waals surface area contributed by atoms with Crippen LogP contribution in [0.1, 0.15) is 31.8 Å². The third kappa shape index (κ3) is 4.61. The van der Waals surface area contributed by atoms with E-state index in [0.29, 0.717) is 11.1 Å². The molecular weight excluding hydrogens is 308 g/mol. The number of nitrogens with zero attached hydrogens (tertiary/aromatic N) is 2. The fourth-order valence-electron chi connectivity index (χ4n) is 1.85. The minimum atomic E-state index is -0.382. The number of carbonyl (C=O) groups is 2. The summed E-state index contributed by atoms with van der Waals surface area (Å²) in [5.41, 5.74) is 2.56. The monoisotopic (exact) mass is 324 g/mol. The van der Waals surface area contributed by atoms with Gasteiger partial charge in [-0.3, -0.25) is 0 Å². The van der Waals surface area contributed by atoms with Gasteiger partial charge >= 0.3 is 11.9 Å². The van der Waals surface area contributed by atoms with Gasteiger partial charge in [0.1, 0.15) is 0 Å². The van der Waals surface area contributed by atoms with E-state index in [1.165, 1.54) is 14.2 Å². The van der Waals surface area contributed by atoms with Crippen LogP contribution < -0.4 is 0 Å². The lowest BCUT2D eigenvalue weighted by atomic mass is 10.1. The minimum absolute atomic E-state index is 0.382. The van der Waals surface area contributed by atoms with Crippen LogP contribution in [0.3, 0.4) is 0 Å². The molecule has 0 aliphatic heterocycles. The second kappa shape index (κ2) is 8.38. The van der Waals surface area contributed by atoms with Crippen molar-refractivity contribution in [2.45, 2.75) is 0 Å². The maximum Gasteiger partial charge on any atom is 0.337 e. The highest BCUT2D eigenvalue weighted by Gasteiger charge is 2.04. The Labute approximate surface area is 139 Å². The lowest BCUT2D eigenvalue weighted by Gasteiger charge is -1.99. The van der Waals surface area contributed by atoms with Crippen LogP contribution >= 0.6 is 0 Å². The first-order valence-electron chi connectivity index (χ1n) is 7.07. The summed E-state index contributed by atoms with van der Waals surface area (Å²) in [4.78, 5) is 22.6. The van der Waals surface area contributed by atoms with E-state index in [9.17, 15) is 9.59 Å². The highest BCUT2D eigenvalue weighted by molar-refractivity contribution is 5.91. The minimum Gasteiger partial charge on any atom is -0.465 e. The molecule has 0 unspecified atom stereocenters. The van der Waals surface area contributed by atoms with Crippen molar-refractivity contribution in [3.8, 4) is 0 Å². The Morgan fingerprint density at radius 1 is 0.708 bits per heavy atom. The van der Waals surface area contributed by atoms with E-state index in [2.05, 4.69) is 19.7 Å². The molecule has 0 fully saturated rings. The zero-order valence-electron chi connectivity index (χ0n) is 13.3. The molecule has 0 heterocycles. The van der Waals surface area contributed by atoms with Gasteiger partial charge in [0.2, 0.25) is 0 Å². The van der Waals surface area contributed by atoms with E-state index in [4.69, 9.17) is 0 Å². The number of hydrogen-bond donors (Lipinski definition) is 0. The predicted octanol–water partition coefficient (Wildman–Crippen LogP) is 2.71. The van der Waals surface area contributed by atoms with Gasteiger partial charge in [0.15, 0.2) is 0 Å². The van der Waals surface area contributed by atoms with Crippen LogP contribution in [0.25, 0.3) is 0 Å². The third-order valence-corrected chi connectivity index (χ3v) is 3.14. The number of carbonyl (C=O) groups excluding carboxylic acids is 2. The summed E-state index contributed by atoms with van der Waals surface area (Å²) < 4.78 is 9.26. The van der Waals surface area contributed by atoms with Crippen LogP contribution in [0.5, 0.6) is 0 Å². The zero-order chi connectivity index (χ0) is 17.4. The van der Waals surface area contributed by atoms with Crippen molar-refractivity contribution in [3.05, 3.63) is 70.8 Å². The molecule has 6 heteroatoms. The summed E-state index contributed by atoms with van der Waals surface area (Å²) in [7, 11) is 2.67. The molecule has 0 amide bonds. The van der Waals surface area contributed by atoms with Gasteiger partial charge in [-0.2, -0.15) is 10.2 Å². The zero-order valence-corrected chi connectivity index (χ0v) is 13.3. The number of hydrogen-bond acceptors (Lipinski definition) is 6. The molecule has 0 aliphatic rings. The molecule has 2 aromatic carbocycles. The van der Waals surface area contributed by atoms with E-state index in [1.807, 2.05) is 0 Å². The molecule has 0 bridgehead atoms. The summed E-state index contributed by atoms with van der Waals surface area (Å²) in [5, 5.41) is 7.88. The van der Waals surface area contributed by atoms with Crippen LogP contribution in [0.15, 0.2) is 58.7 Å². The molecule has 0 aliphatic carbocycles. The topological polar surface area (TPSA) is 77.3 Å². The molecule has 6 nitrogen and oxygen atoms in total. The predicted molar refractivity (Wildman–Crippen MR) is 90.8 cm³/mol. The van der Waals surface area contributed by atoms with E-state index in [0.717, 1.165) is 11.1 Å². The number of rotatable bonds is 5. The van der Waals surface area contributed by atoms with Gasteiger partial charge in [0.05, 0.1) is 37.8 Å². The molecule has 24 heavy (non-hydrogen) atoms. The Kier molecular flexibility index (Phi) is 5.96. The first-order chi connectivity index (χ1) is 11.6. The molecular formula is C18H16N2O4. The van der Waals surface area contributed by atoms with Gasteiger partial charge in [-0.25, -0.2) is 9.59 Å². The molecule has 2 rings (SSSR count). The summed E-state index contributed by atoms with van der Waals surface area (Å²) in [6.07, 6.45) is 3.14. The largest absolute Gasteiger partial charge is 0.465 e. The van der Waals surface area contributed by atoms with Crippen molar-refractivity contribution in [3.63, 3.8) is 0 Å². The van der Waals surface area contributed by atoms with Crippen molar-refractivity contribution in [2.75, 3.05) is 14.2 Å². The summed E-state index contributed by atoms with van der Waals surface area (Å²) >= 11 is 0. The number of ether oxygens (including phenoxy) is 2. The highest BCUT2D eigenvalue weighted by Crippen LogP contribution is 2.05. The fraction of sp³-hybridized carbons (Fsp3) is 0.111. The average Bonchev–Trinajstić information content (AvgIpc) is 2.65. The highest BCUT2D eigenvalue weighted by atomic mass is 16.5. The molecule has 122 valence electrons. The first kappa shape index (κ1) is 17.1. The second-order valence-electron chi connectivity index (χ2n) is 4.72. The first-order valence-corrected chi connectivity index (χ1v) is 7.07. The Balaban J connectivity index is 1.96. The van der Waals surface area contributed by atoms with E-state index >= 15 is 0 Å². The van der Waals surface area contributed by atoms with Gasteiger partial charge in [0, 0.05) is 0 Å². The van der Waals surface area contributed by atoms with Crippen molar-refractivity contribution < 1.29 is 19.1 Å². The summed E-state index contributed by atoms with van der Waals surface area (Å²) in [5.74, 6) is -0.765. The van der Waals surface area contributed by atoms with Crippen molar-refractivity contribution in [1.29, 1.82) is 0 Å². The van der Waals surface area contributed by atoms with E-state index in [-0.39, 0.29) is 11.9 Å². The molecule has 0 atom stereocenters. The quantitative estimate of drug-likeness (QED) is 0.481. The van der Waals surface area contributed by atoms with Crippen molar-refractivity contribution >= 4 is 24.4 Å². The Hall–Kier alpha value is -3.28. The van der Waals surface area contributed by atoms with Crippen LogP contribution in [-0.2, 0) is 9.47 Å². The maximum absolute atomic E-state index is 11.3. The third-order valence-electron chi connectivity index (χ3n) is 3.14. The van der Waals surface area contributed by atoms with Crippen LogP contribution in [0.2, 0.25) is 0 Å². The van der Waals surface area contributed by atoms with Gasteiger partial charge in [0.25, 0.3) is 0 Å². The summed E-state index contributed by atoms with van der Waals surface area (Å²) in [6.45, 7) is 0. The standard InChI is InChI=1S/C18H16N2O4/c1-23-17(21)15-7-3-13(4-8-15)11-19-20-12-14-5-9-16(10-6-14)18(22)24-2/h3-12H,1-2H3/b19-11+,20-12+. The molecule has 0 radical (unpaired) electrons. The SMILES string of the molecule is COC(=O)c1ccc(/C=N/N=C/c2ccc(C(=O)OC)cc2)cc1. The number of esters is 2. The molecule has 2 aromatic rings.